The summed E-state index contributed by atoms with van der Waals surface area (Å²) in [4.78, 5) is 29.0. The van der Waals surface area contributed by atoms with Crippen LogP contribution in [0.4, 0.5) is 0 Å². The summed E-state index contributed by atoms with van der Waals surface area (Å²) in [6.07, 6.45) is 6.78. The first kappa shape index (κ1) is 19.7. The van der Waals surface area contributed by atoms with Gasteiger partial charge in [-0.15, -0.1) is 0 Å². The number of nitrogens with zero attached hydrogens (tertiary/aromatic N) is 5. The highest BCUT2D eigenvalue weighted by Crippen LogP contribution is 2.24. The second-order valence-electron chi connectivity index (χ2n) is 7.81. The predicted molar refractivity (Wildman–Crippen MR) is 114 cm³/mol. The molecule has 160 valence electrons. The molecule has 4 aromatic rings. The maximum Gasteiger partial charge on any atom is 0.277 e. The molecule has 0 unspecified atom stereocenters. The lowest BCUT2D eigenvalue weighted by molar-refractivity contribution is 0.200. The van der Waals surface area contributed by atoms with Crippen LogP contribution < -0.4 is 5.56 Å². The van der Waals surface area contributed by atoms with Crippen molar-refractivity contribution in [2.75, 3.05) is 20.3 Å². The Balaban J connectivity index is 1.38. The molecule has 5 heterocycles. The molecule has 0 aliphatic carbocycles. The van der Waals surface area contributed by atoms with Crippen molar-refractivity contribution in [3.8, 4) is 11.3 Å². The van der Waals surface area contributed by atoms with E-state index < -0.39 is 0 Å². The Hall–Kier alpha value is -3.30. The number of methoxy groups -OCH3 is 1. The van der Waals surface area contributed by atoms with Gasteiger partial charge in [0.25, 0.3) is 5.56 Å². The van der Waals surface area contributed by atoms with E-state index in [1.54, 1.807) is 13.4 Å². The van der Waals surface area contributed by atoms with Gasteiger partial charge in [0.2, 0.25) is 0 Å². The van der Waals surface area contributed by atoms with Crippen LogP contribution in [-0.4, -0.2) is 49.7 Å². The van der Waals surface area contributed by atoms with E-state index in [0.29, 0.717) is 31.8 Å². The molecule has 0 spiro atoms. The van der Waals surface area contributed by atoms with E-state index >= 15 is 0 Å². The molecule has 4 aromatic heterocycles. The van der Waals surface area contributed by atoms with E-state index in [1.807, 2.05) is 31.5 Å². The minimum atomic E-state index is -0.0525. The maximum absolute atomic E-state index is 13.2. The molecule has 9 nitrogen and oxygen atoms in total. The summed E-state index contributed by atoms with van der Waals surface area (Å²) in [6.45, 7) is 4.58. The van der Waals surface area contributed by atoms with Gasteiger partial charge in [0, 0.05) is 69.2 Å². The molecule has 5 rings (SSSR count). The summed E-state index contributed by atoms with van der Waals surface area (Å²) >= 11 is 0. The number of fused-ring (bicyclic) bond motifs is 2. The smallest absolute Gasteiger partial charge is 0.277 e. The fourth-order valence-electron chi connectivity index (χ4n) is 4.02. The molecule has 0 atom stereocenters. The number of ether oxygens (including phenoxy) is 1. The van der Waals surface area contributed by atoms with Gasteiger partial charge in [-0.05, 0) is 13.0 Å². The van der Waals surface area contributed by atoms with Crippen molar-refractivity contribution in [1.82, 2.24) is 29.5 Å². The lowest BCUT2D eigenvalue weighted by atomic mass is 10.1. The van der Waals surface area contributed by atoms with Crippen LogP contribution in [0.2, 0.25) is 0 Å². The Bertz CT molecular complexity index is 1270. The van der Waals surface area contributed by atoms with Crippen molar-refractivity contribution in [1.29, 1.82) is 0 Å². The Morgan fingerprint density at radius 1 is 1.29 bits per heavy atom. The molecule has 0 aromatic carbocycles. The lowest BCUT2D eigenvalue weighted by Crippen LogP contribution is -2.36. The minimum Gasteiger partial charge on any atom is -0.469 e. The lowest BCUT2D eigenvalue weighted by Gasteiger charge is -2.27. The van der Waals surface area contributed by atoms with Gasteiger partial charge >= 0.3 is 0 Å². The Kier molecular flexibility index (Phi) is 5.13. The topological polar surface area (TPSA) is 102 Å². The van der Waals surface area contributed by atoms with Crippen molar-refractivity contribution < 1.29 is 9.15 Å². The third kappa shape index (κ3) is 3.77. The van der Waals surface area contributed by atoms with Gasteiger partial charge < -0.3 is 9.15 Å². The van der Waals surface area contributed by atoms with Gasteiger partial charge in [0.1, 0.15) is 11.6 Å². The quantitative estimate of drug-likeness (QED) is 0.510. The van der Waals surface area contributed by atoms with Crippen molar-refractivity contribution in [2.24, 2.45) is 0 Å². The standard InChI is InChI=1S/C22H24N6O3/c1-14-16(4-8-31-14)19-9-21-25-18-3-6-27(13-17(18)22(29)28(21)26-19)12-15-10-23-20(24-11-15)5-7-30-2/h4,8-11,26H,3,5-7,12-13H2,1-2H3. The number of rotatable bonds is 6. The van der Waals surface area contributed by atoms with Crippen LogP contribution in [0.25, 0.3) is 16.9 Å². The van der Waals surface area contributed by atoms with Crippen LogP contribution in [0.1, 0.15) is 28.4 Å². The fourth-order valence-corrected chi connectivity index (χ4v) is 4.02. The number of H-pyrrole nitrogens is 1. The number of nitrogens with one attached hydrogen (secondary N) is 1. The zero-order chi connectivity index (χ0) is 21.4. The average molecular weight is 420 g/mol. The summed E-state index contributed by atoms with van der Waals surface area (Å²) in [5.74, 6) is 1.57. The highest BCUT2D eigenvalue weighted by molar-refractivity contribution is 5.65. The van der Waals surface area contributed by atoms with Gasteiger partial charge in [0.05, 0.1) is 29.8 Å². The van der Waals surface area contributed by atoms with Crippen LogP contribution in [0.3, 0.4) is 0 Å². The molecular formula is C22H24N6O3. The maximum atomic E-state index is 13.2. The Morgan fingerprint density at radius 2 is 2.13 bits per heavy atom. The van der Waals surface area contributed by atoms with Crippen LogP contribution in [0.15, 0.2) is 40.0 Å². The number of aryl methyl sites for hydroxylation is 1. The summed E-state index contributed by atoms with van der Waals surface area (Å²) in [5, 5.41) is 3.18. The second kappa shape index (κ2) is 8.09. The van der Waals surface area contributed by atoms with Crippen LogP contribution in [0, 0.1) is 6.92 Å². The largest absolute Gasteiger partial charge is 0.469 e. The average Bonchev–Trinajstić information content (AvgIpc) is 3.40. The monoisotopic (exact) mass is 420 g/mol. The Morgan fingerprint density at radius 3 is 2.87 bits per heavy atom. The van der Waals surface area contributed by atoms with Gasteiger partial charge in [-0.25, -0.2) is 19.5 Å². The van der Waals surface area contributed by atoms with Gasteiger partial charge in [-0.3, -0.25) is 14.8 Å². The first-order valence-corrected chi connectivity index (χ1v) is 10.3. The van der Waals surface area contributed by atoms with Gasteiger partial charge in [-0.1, -0.05) is 0 Å². The molecule has 0 bridgehead atoms. The number of hydrogen-bond donors (Lipinski definition) is 1. The van der Waals surface area contributed by atoms with Crippen LogP contribution in [-0.2, 0) is 30.7 Å². The third-order valence-electron chi connectivity index (χ3n) is 5.68. The molecule has 0 saturated carbocycles. The molecule has 9 heteroatoms. The van der Waals surface area contributed by atoms with Crippen molar-refractivity contribution in [2.45, 2.75) is 32.9 Å². The molecule has 1 aliphatic rings. The molecule has 0 saturated heterocycles. The molecule has 31 heavy (non-hydrogen) atoms. The van der Waals surface area contributed by atoms with Crippen LogP contribution in [0.5, 0.6) is 0 Å². The number of aromatic amines is 1. The van der Waals surface area contributed by atoms with Crippen molar-refractivity contribution in [3.05, 3.63) is 69.5 Å². The fraction of sp³-hybridized carbons (Fsp3) is 0.364. The summed E-state index contributed by atoms with van der Waals surface area (Å²) in [5.41, 5.74) is 4.97. The number of furan rings is 1. The number of hydrogen-bond acceptors (Lipinski definition) is 7. The summed E-state index contributed by atoms with van der Waals surface area (Å²) in [7, 11) is 1.67. The molecular weight excluding hydrogens is 396 g/mol. The molecule has 1 N–H and O–H groups in total. The highest BCUT2D eigenvalue weighted by atomic mass is 16.5. The van der Waals surface area contributed by atoms with E-state index in [-0.39, 0.29) is 5.56 Å². The van der Waals surface area contributed by atoms with E-state index in [2.05, 4.69) is 20.0 Å². The van der Waals surface area contributed by atoms with E-state index in [4.69, 9.17) is 14.1 Å². The normalized spacial score (nSPS) is 14.3. The van der Waals surface area contributed by atoms with Crippen molar-refractivity contribution >= 4 is 5.65 Å². The first-order chi connectivity index (χ1) is 15.1. The molecule has 0 amide bonds. The summed E-state index contributed by atoms with van der Waals surface area (Å²) in [6, 6.07) is 3.78. The highest BCUT2D eigenvalue weighted by Gasteiger charge is 2.23. The predicted octanol–water partition coefficient (Wildman–Crippen LogP) is 2.13. The van der Waals surface area contributed by atoms with E-state index in [0.717, 1.165) is 52.6 Å². The van der Waals surface area contributed by atoms with Gasteiger partial charge in [0.15, 0.2) is 5.65 Å². The third-order valence-corrected chi connectivity index (χ3v) is 5.68. The van der Waals surface area contributed by atoms with E-state index in [1.165, 1.54) is 4.52 Å². The SMILES string of the molecule is COCCc1ncc(CN2CCc3nc4cc(-c5ccoc5C)[nH]n4c(=O)c3C2)cn1. The summed E-state index contributed by atoms with van der Waals surface area (Å²) < 4.78 is 12.0. The molecule has 0 fully saturated rings. The Labute approximate surface area is 178 Å². The second-order valence-corrected chi connectivity index (χ2v) is 7.81. The zero-order valence-corrected chi connectivity index (χ0v) is 17.6. The van der Waals surface area contributed by atoms with Crippen LogP contribution >= 0.6 is 0 Å². The number of aromatic nitrogens is 5. The minimum absolute atomic E-state index is 0.0525. The molecule has 1 aliphatic heterocycles. The van der Waals surface area contributed by atoms with E-state index in [9.17, 15) is 4.79 Å². The van der Waals surface area contributed by atoms with Gasteiger partial charge in [-0.2, -0.15) is 0 Å². The first-order valence-electron chi connectivity index (χ1n) is 10.3. The van der Waals surface area contributed by atoms with Crippen molar-refractivity contribution in [3.63, 3.8) is 0 Å². The molecule has 0 radical (unpaired) electrons. The zero-order valence-electron chi connectivity index (χ0n) is 17.6.